The van der Waals surface area contributed by atoms with E-state index >= 15 is 0 Å². The average Bonchev–Trinajstić information content (AvgIpc) is 2.59. The van der Waals surface area contributed by atoms with E-state index in [1.807, 2.05) is 0 Å². The summed E-state index contributed by atoms with van der Waals surface area (Å²) in [6.07, 6.45) is 0. The van der Waals surface area contributed by atoms with Gasteiger partial charge in [0.1, 0.15) is 11.3 Å². The van der Waals surface area contributed by atoms with Crippen molar-refractivity contribution in [1.29, 1.82) is 0 Å². The second-order valence-corrected chi connectivity index (χ2v) is 4.09. The van der Waals surface area contributed by atoms with Crippen LogP contribution < -0.4 is 4.74 Å². The van der Waals surface area contributed by atoms with Crippen molar-refractivity contribution in [3.8, 4) is 5.75 Å². The van der Waals surface area contributed by atoms with Crippen LogP contribution >= 0.6 is 0 Å². The van der Waals surface area contributed by atoms with E-state index in [2.05, 4.69) is 4.98 Å². The molecule has 1 aromatic heterocycles. The van der Waals surface area contributed by atoms with Crippen LogP contribution in [0.2, 0.25) is 0 Å². The zero-order valence-corrected chi connectivity index (χ0v) is 8.48. The van der Waals surface area contributed by atoms with Crippen molar-refractivity contribution in [2.45, 2.75) is 5.22 Å². The predicted octanol–water partition coefficient (Wildman–Crippen LogP) is 1.08. The summed E-state index contributed by atoms with van der Waals surface area (Å²) in [5.74, 6) is 0.514. The minimum absolute atomic E-state index is 0.238. The van der Waals surface area contributed by atoms with Gasteiger partial charge < -0.3 is 9.15 Å². The van der Waals surface area contributed by atoms with Crippen LogP contribution in [0.5, 0.6) is 5.75 Å². The highest BCUT2D eigenvalue weighted by Gasteiger charge is 2.18. The van der Waals surface area contributed by atoms with Gasteiger partial charge in [-0.3, -0.25) is 4.55 Å². The van der Waals surface area contributed by atoms with Gasteiger partial charge in [-0.25, -0.2) is 0 Å². The van der Waals surface area contributed by atoms with Crippen LogP contribution in [0.1, 0.15) is 0 Å². The zero-order valence-electron chi connectivity index (χ0n) is 7.67. The predicted molar refractivity (Wildman–Crippen MR) is 50.4 cm³/mol. The van der Waals surface area contributed by atoms with Crippen LogP contribution in [-0.4, -0.2) is 25.1 Å². The number of oxazole rings is 1. The van der Waals surface area contributed by atoms with Gasteiger partial charge in [-0.15, -0.1) is 0 Å². The Morgan fingerprint density at radius 3 is 2.80 bits per heavy atom. The van der Waals surface area contributed by atoms with Crippen LogP contribution in [0.25, 0.3) is 11.1 Å². The molecular formula is C8H7NO5S. The standard InChI is InChI=1S/C8H7NO5S/c1-13-5-2-3-6-7(4-5)14-8(9-6)15(10,11)12/h2-4H,1H3,(H,10,11,12). The Bertz CT molecular complexity index is 601. The van der Waals surface area contributed by atoms with Crippen LogP contribution in [-0.2, 0) is 10.1 Å². The molecule has 7 heteroatoms. The molecule has 1 heterocycles. The number of aromatic nitrogens is 1. The summed E-state index contributed by atoms with van der Waals surface area (Å²) in [5.41, 5.74) is 0.574. The Hall–Kier alpha value is -1.60. The number of methoxy groups -OCH3 is 1. The summed E-state index contributed by atoms with van der Waals surface area (Å²) in [6.45, 7) is 0. The summed E-state index contributed by atoms with van der Waals surface area (Å²) in [4.78, 5) is 3.60. The van der Waals surface area contributed by atoms with E-state index in [0.29, 0.717) is 11.3 Å². The molecule has 0 saturated carbocycles. The number of rotatable bonds is 2. The number of fused-ring (bicyclic) bond motifs is 1. The molecule has 15 heavy (non-hydrogen) atoms. The van der Waals surface area contributed by atoms with Crippen molar-refractivity contribution in [3.63, 3.8) is 0 Å². The number of nitrogens with zero attached hydrogens (tertiary/aromatic N) is 1. The smallest absolute Gasteiger partial charge is 0.347 e. The van der Waals surface area contributed by atoms with Crippen LogP contribution in [0.4, 0.5) is 0 Å². The van der Waals surface area contributed by atoms with E-state index in [0.717, 1.165) is 0 Å². The third-order valence-electron chi connectivity index (χ3n) is 1.80. The average molecular weight is 229 g/mol. The van der Waals surface area contributed by atoms with Gasteiger partial charge in [-0.05, 0) is 12.1 Å². The minimum Gasteiger partial charge on any atom is -0.497 e. The van der Waals surface area contributed by atoms with Crippen molar-refractivity contribution in [1.82, 2.24) is 4.98 Å². The Kier molecular flexibility index (Phi) is 2.13. The highest BCUT2D eigenvalue weighted by molar-refractivity contribution is 7.85. The van der Waals surface area contributed by atoms with Crippen LogP contribution in [0.3, 0.4) is 0 Å². The maximum Gasteiger partial charge on any atom is 0.347 e. The Morgan fingerprint density at radius 1 is 1.47 bits per heavy atom. The molecule has 0 amide bonds. The first-order valence-electron chi connectivity index (χ1n) is 3.93. The third-order valence-corrected chi connectivity index (χ3v) is 2.41. The third kappa shape index (κ3) is 1.79. The molecule has 0 spiro atoms. The largest absolute Gasteiger partial charge is 0.497 e. The molecule has 80 valence electrons. The van der Waals surface area contributed by atoms with Gasteiger partial charge in [0.15, 0.2) is 5.58 Å². The molecule has 0 fully saturated rings. The lowest BCUT2D eigenvalue weighted by atomic mass is 10.3. The molecule has 1 aromatic carbocycles. The van der Waals surface area contributed by atoms with Crippen molar-refractivity contribution in [3.05, 3.63) is 18.2 Å². The first-order valence-corrected chi connectivity index (χ1v) is 5.37. The molecule has 1 N–H and O–H groups in total. The maximum atomic E-state index is 10.7. The highest BCUT2D eigenvalue weighted by atomic mass is 32.2. The number of hydrogen-bond donors (Lipinski definition) is 1. The number of benzene rings is 1. The van der Waals surface area contributed by atoms with E-state index in [-0.39, 0.29) is 5.58 Å². The van der Waals surface area contributed by atoms with E-state index in [1.54, 1.807) is 6.07 Å². The summed E-state index contributed by atoms with van der Waals surface area (Å²) in [7, 11) is -2.93. The lowest BCUT2D eigenvalue weighted by molar-refractivity contribution is 0.402. The minimum atomic E-state index is -4.40. The molecule has 2 rings (SSSR count). The molecule has 0 atom stereocenters. The highest BCUT2D eigenvalue weighted by Crippen LogP contribution is 2.23. The molecular weight excluding hydrogens is 222 g/mol. The summed E-state index contributed by atoms with van der Waals surface area (Å²) >= 11 is 0. The van der Waals surface area contributed by atoms with Crippen molar-refractivity contribution < 1.29 is 22.1 Å². The fourth-order valence-corrected chi connectivity index (χ4v) is 1.53. The SMILES string of the molecule is COc1ccc2nc(S(=O)(=O)O)oc2c1. The first kappa shape index (κ1) is 9.94. The fourth-order valence-electron chi connectivity index (χ4n) is 1.12. The van der Waals surface area contributed by atoms with Gasteiger partial charge >= 0.3 is 15.3 Å². The topological polar surface area (TPSA) is 89.6 Å². The number of ether oxygens (including phenoxy) is 1. The lowest BCUT2D eigenvalue weighted by Gasteiger charge is -1.95. The monoisotopic (exact) mass is 229 g/mol. The molecule has 0 saturated heterocycles. The normalized spacial score (nSPS) is 11.9. The van der Waals surface area contributed by atoms with Gasteiger partial charge in [-0.1, -0.05) is 0 Å². The van der Waals surface area contributed by atoms with E-state index in [1.165, 1.54) is 19.2 Å². The first-order chi connectivity index (χ1) is 7.00. The Labute approximate surface area is 85.2 Å². The van der Waals surface area contributed by atoms with E-state index in [9.17, 15) is 8.42 Å². The second kappa shape index (κ2) is 3.21. The quantitative estimate of drug-likeness (QED) is 0.775. The number of hydrogen-bond acceptors (Lipinski definition) is 5. The van der Waals surface area contributed by atoms with Gasteiger partial charge in [0.05, 0.1) is 7.11 Å². The Morgan fingerprint density at radius 2 is 2.20 bits per heavy atom. The lowest BCUT2D eigenvalue weighted by Crippen LogP contribution is -1.97. The van der Waals surface area contributed by atoms with Crippen LogP contribution in [0, 0.1) is 0 Å². The summed E-state index contributed by atoms with van der Waals surface area (Å²) in [6, 6.07) is 4.63. The van der Waals surface area contributed by atoms with E-state index < -0.39 is 15.3 Å². The van der Waals surface area contributed by atoms with Gasteiger partial charge in [0.25, 0.3) is 0 Å². The molecule has 2 aromatic rings. The second-order valence-electron chi connectivity index (χ2n) is 2.79. The zero-order chi connectivity index (χ0) is 11.1. The molecule has 6 nitrogen and oxygen atoms in total. The summed E-state index contributed by atoms with van der Waals surface area (Å²) in [5, 5.41) is -0.717. The van der Waals surface area contributed by atoms with Gasteiger partial charge in [0.2, 0.25) is 0 Å². The summed E-state index contributed by atoms with van der Waals surface area (Å²) < 4.78 is 39.9. The molecule has 0 bridgehead atoms. The van der Waals surface area contributed by atoms with Crippen molar-refractivity contribution in [2.75, 3.05) is 7.11 Å². The van der Waals surface area contributed by atoms with Crippen molar-refractivity contribution >= 4 is 21.2 Å². The Balaban J connectivity index is 2.66. The van der Waals surface area contributed by atoms with Crippen LogP contribution in [0.15, 0.2) is 27.8 Å². The molecule has 0 unspecified atom stereocenters. The molecule has 0 radical (unpaired) electrons. The van der Waals surface area contributed by atoms with Gasteiger partial charge in [-0.2, -0.15) is 13.4 Å². The van der Waals surface area contributed by atoms with E-state index in [4.69, 9.17) is 13.7 Å². The fraction of sp³-hybridized carbons (Fsp3) is 0.125. The molecule has 0 aliphatic rings. The maximum absolute atomic E-state index is 10.7. The molecule has 0 aliphatic carbocycles. The molecule has 0 aliphatic heterocycles. The van der Waals surface area contributed by atoms with Gasteiger partial charge in [0, 0.05) is 6.07 Å². The van der Waals surface area contributed by atoms with Crippen molar-refractivity contribution in [2.24, 2.45) is 0 Å².